The maximum absolute atomic E-state index is 13.9. The molecule has 0 saturated heterocycles. The standard InChI is InChI=1S/C15H9BrClFN2/c1-8-2-5-12(18)11(6-8)15-19-13-7-9(16)3-4-10(13)14(17)20-15/h2-7H,1H3. The first-order valence-electron chi connectivity index (χ1n) is 5.94. The topological polar surface area (TPSA) is 25.8 Å². The zero-order valence-corrected chi connectivity index (χ0v) is 12.8. The van der Waals surface area contributed by atoms with E-state index in [-0.39, 0.29) is 5.82 Å². The van der Waals surface area contributed by atoms with Crippen molar-refractivity contribution in [2.75, 3.05) is 0 Å². The summed E-state index contributed by atoms with van der Waals surface area (Å²) in [6.07, 6.45) is 0. The van der Waals surface area contributed by atoms with E-state index in [0.717, 1.165) is 15.4 Å². The molecule has 3 aromatic rings. The van der Waals surface area contributed by atoms with Crippen molar-refractivity contribution >= 4 is 38.4 Å². The molecule has 0 fully saturated rings. The van der Waals surface area contributed by atoms with Crippen LogP contribution in [0.15, 0.2) is 40.9 Å². The SMILES string of the molecule is Cc1ccc(F)c(-c2nc(Cl)c3ccc(Br)cc3n2)c1. The highest BCUT2D eigenvalue weighted by molar-refractivity contribution is 9.10. The van der Waals surface area contributed by atoms with Gasteiger partial charge in [0.15, 0.2) is 5.82 Å². The van der Waals surface area contributed by atoms with Gasteiger partial charge in [-0.15, -0.1) is 0 Å². The highest BCUT2D eigenvalue weighted by Gasteiger charge is 2.12. The Morgan fingerprint density at radius 3 is 2.70 bits per heavy atom. The number of aryl methyl sites for hydroxylation is 1. The molecule has 5 heteroatoms. The Balaban J connectivity index is 2.29. The molecule has 0 spiro atoms. The molecular formula is C15H9BrClFN2. The molecule has 2 nitrogen and oxygen atoms in total. The number of rotatable bonds is 1. The Morgan fingerprint density at radius 2 is 1.90 bits per heavy atom. The lowest BCUT2D eigenvalue weighted by Crippen LogP contribution is -1.95. The maximum Gasteiger partial charge on any atom is 0.164 e. The molecule has 3 rings (SSSR count). The van der Waals surface area contributed by atoms with Gasteiger partial charge in [0.2, 0.25) is 0 Å². The third-order valence-corrected chi connectivity index (χ3v) is 3.76. The zero-order valence-electron chi connectivity index (χ0n) is 10.5. The summed E-state index contributed by atoms with van der Waals surface area (Å²) in [4.78, 5) is 8.61. The van der Waals surface area contributed by atoms with Crippen molar-refractivity contribution in [1.82, 2.24) is 9.97 Å². The van der Waals surface area contributed by atoms with E-state index in [9.17, 15) is 4.39 Å². The molecule has 0 saturated carbocycles. The molecule has 0 N–H and O–H groups in total. The summed E-state index contributed by atoms with van der Waals surface area (Å²) in [6.45, 7) is 1.89. The lowest BCUT2D eigenvalue weighted by Gasteiger charge is -2.07. The molecule has 0 aliphatic rings. The summed E-state index contributed by atoms with van der Waals surface area (Å²) in [5.41, 5.74) is 1.97. The molecule has 0 unspecified atom stereocenters. The highest BCUT2D eigenvalue weighted by Crippen LogP contribution is 2.28. The minimum absolute atomic E-state index is 0.293. The van der Waals surface area contributed by atoms with Crippen LogP contribution in [0, 0.1) is 12.7 Å². The van der Waals surface area contributed by atoms with Crippen LogP contribution in [-0.4, -0.2) is 9.97 Å². The fourth-order valence-corrected chi connectivity index (χ4v) is 2.58. The molecule has 100 valence electrons. The third kappa shape index (κ3) is 2.41. The summed E-state index contributed by atoms with van der Waals surface area (Å²) < 4.78 is 14.8. The number of halogens is 3. The number of hydrogen-bond acceptors (Lipinski definition) is 2. The average molecular weight is 352 g/mol. The average Bonchev–Trinajstić information content (AvgIpc) is 2.41. The smallest absolute Gasteiger partial charge is 0.164 e. The Labute approximate surface area is 128 Å². The van der Waals surface area contributed by atoms with Gasteiger partial charge in [0.05, 0.1) is 11.1 Å². The van der Waals surface area contributed by atoms with E-state index < -0.39 is 0 Å². The van der Waals surface area contributed by atoms with Crippen LogP contribution in [0.4, 0.5) is 4.39 Å². The van der Waals surface area contributed by atoms with Crippen molar-refractivity contribution in [2.45, 2.75) is 6.92 Å². The molecule has 0 aliphatic carbocycles. The van der Waals surface area contributed by atoms with E-state index in [1.165, 1.54) is 6.07 Å². The Morgan fingerprint density at radius 1 is 1.10 bits per heavy atom. The molecule has 2 aromatic carbocycles. The summed E-state index contributed by atoms with van der Waals surface area (Å²) >= 11 is 9.55. The van der Waals surface area contributed by atoms with E-state index in [0.29, 0.717) is 22.1 Å². The molecular weight excluding hydrogens is 343 g/mol. The van der Waals surface area contributed by atoms with E-state index in [2.05, 4.69) is 25.9 Å². The van der Waals surface area contributed by atoms with Gasteiger partial charge in [-0.1, -0.05) is 39.2 Å². The van der Waals surface area contributed by atoms with Crippen molar-refractivity contribution < 1.29 is 4.39 Å². The first kappa shape index (κ1) is 13.5. The lowest BCUT2D eigenvalue weighted by molar-refractivity contribution is 0.629. The highest BCUT2D eigenvalue weighted by atomic mass is 79.9. The van der Waals surface area contributed by atoms with E-state index >= 15 is 0 Å². The van der Waals surface area contributed by atoms with Gasteiger partial charge in [-0.05, 0) is 37.3 Å². The molecule has 0 amide bonds. The molecule has 0 bridgehead atoms. The summed E-state index contributed by atoms with van der Waals surface area (Å²) in [7, 11) is 0. The number of hydrogen-bond donors (Lipinski definition) is 0. The van der Waals surface area contributed by atoms with Gasteiger partial charge in [0, 0.05) is 9.86 Å². The second kappa shape index (κ2) is 5.11. The van der Waals surface area contributed by atoms with Crippen LogP contribution in [0.25, 0.3) is 22.3 Å². The molecule has 0 aliphatic heterocycles. The molecule has 0 radical (unpaired) electrons. The molecule has 1 aromatic heterocycles. The van der Waals surface area contributed by atoms with Crippen LogP contribution < -0.4 is 0 Å². The van der Waals surface area contributed by atoms with Gasteiger partial charge in [-0.2, -0.15) is 0 Å². The van der Waals surface area contributed by atoms with Gasteiger partial charge < -0.3 is 0 Å². The van der Waals surface area contributed by atoms with Crippen LogP contribution in [0.1, 0.15) is 5.56 Å². The van der Waals surface area contributed by atoms with Crippen molar-refractivity contribution in [2.24, 2.45) is 0 Å². The van der Waals surface area contributed by atoms with Crippen LogP contribution in [0.3, 0.4) is 0 Å². The van der Waals surface area contributed by atoms with Crippen molar-refractivity contribution in [3.63, 3.8) is 0 Å². The maximum atomic E-state index is 13.9. The fourth-order valence-electron chi connectivity index (χ4n) is 1.99. The summed E-state index contributed by atoms with van der Waals surface area (Å²) in [5, 5.41) is 1.06. The van der Waals surface area contributed by atoms with Crippen molar-refractivity contribution in [3.05, 3.63) is 57.4 Å². The predicted octanol–water partition coefficient (Wildman–Crippen LogP) is 5.16. The monoisotopic (exact) mass is 350 g/mol. The fraction of sp³-hybridized carbons (Fsp3) is 0.0667. The Hall–Kier alpha value is -1.52. The van der Waals surface area contributed by atoms with Crippen molar-refractivity contribution in [3.8, 4) is 11.4 Å². The number of nitrogens with zero attached hydrogens (tertiary/aromatic N) is 2. The predicted molar refractivity (Wildman–Crippen MR) is 82.4 cm³/mol. The normalized spacial score (nSPS) is 11.0. The van der Waals surface area contributed by atoms with Crippen molar-refractivity contribution in [1.29, 1.82) is 0 Å². The van der Waals surface area contributed by atoms with Gasteiger partial charge in [-0.3, -0.25) is 0 Å². The third-order valence-electron chi connectivity index (χ3n) is 2.98. The minimum atomic E-state index is -0.360. The molecule has 0 atom stereocenters. The van der Waals surface area contributed by atoms with E-state index in [1.54, 1.807) is 12.1 Å². The van der Waals surface area contributed by atoms with E-state index in [4.69, 9.17) is 11.6 Å². The first-order chi connectivity index (χ1) is 9.54. The Bertz CT molecular complexity index is 820. The summed E-state index contributed by atoms with van der Waals surface area (Å²) in [5.74, 6) is -0.0668. The van der Waals surface area contributed by atoms with Gasteiger partial charge >= 0.3 is 0 Å². The molecule has 20 heavy (non-hydrogen) atoms. The first-order valence-corrected chi connectivity index (χ1v) is 7.11. The molecule has 1 heterocycles. The Kier molecular flexibility index (Phi) is 3.44. The number of aromatic nitrogens is 2. The largest absolute Gasteiger partial charge is 0.228 e. The quantitative estimate of drug-likeness (QED) is 0.566. The second-order valence-corrected chi connectivity index (χ2v) is 5.76. The van der Waals surface area contributed by atoms with Crippen LogP contribution in [-0.2, 0) is 0 Å². The van der Waals surface area contributed by atoms with Gasteiger partial charge in [0.25, 0.3) is 0 Å². The van der Waals surface area contributed by atoms with E-state index in [1.807, 2.05) is 25.1 Å². The summed E-state index contributed by atoms with van der Waals surface area (Å²) in [6, 6.07) is 10.4. The number of fused-ring (bicyclic) bond motifs is 1. The van der Waals surface area contributed by atoms with Gasteiger partial charge in [0.1, 0.15) is 11.0 Å². The van der Waals surface area contributed by atoms with Crippen LogP contribution in [0.5, 0.6) is 0 Å². The zero-order chi connectivity index (χ0) is 14.3. The van der Waals surface area contributed by atoms with Crippen LogP contribution >= 0.6 is 27.5 Å². The van der Waals surface area contributed by atoms with Crippen LogP contribution in [0.2, 0.25) is 5.15 Å². The number of benzene rings is 2. The minimum Gasteiger partial charge on any atom is -0.228 e. The second-order valence-electron chi connectivity index (χ2n) is 4.48. The van der Waals surface area contributed by atoms with Gasteiger partial charge in [-0.25, -0.2) is 14.4 Å². The lowest BCUT2D eigenvalue weighted by atomic mass is 10.1.